The van der Waals surface area contributed by atoms with E-state index in [2.05, 4.69) is 15.3 Å². The number of hydrogen-bond acceptors (Lipinski definition) is 5. The summed E-state index contributed by atoms with van der Waals surface area (Å²) in [6, 6.07) is 3.45. The topological polar surface area (TPSA) is 91.9 Å². The lowest BCUT2D eigenvalue weighted by molar-refractivity contribution is -0.582. The van der Waals surface area contributed by atoms with Crippen molar-refractivity contribution in [3.8, 4) is 16.3 Å². The lowest BCUT2D eigenvalue weighted by Crippen LogP contribution is -2.24. The Morgan fingerprint density at radius 1 is 1.39 bits per heavy atom. The maximum atomic E-state index is 10.1. The lowest BCUT2D eigenvalue weighted by Gasteiger charge is -2.05. The molecule has 4 N–H and O–H groups in total. The number of H-pyrrole nitrogens is 1. The molecule has 0 aliphatic carbocycles. The summed E-state index contributed by atoms with van der Waals surface area (Å²) in [6.07, 6.45) is 0. The van der Waals surface area contributed by atoms with Gasteiger partial charge in [0.1, 0.15) is 5.75 Å². The highest BCUT2D eigenvalue weighted by Gasteiger charge is 2.19. The van der Waals surface area contributed by atoms with Crippen LogP contribution in [0.5, 0.6) is 5.75 Å². The van der Waals surface area contributed by atoms with Crippen LogP contribution in [-0.4, -0.2) is 20.4 Å². The number of rotatable bonds is 1. The molecule has 0 amide bonds. The number of hydrogen-bond donors (Lipinski definition) is 3. The van der Waals surface area contributed by atoms with Crippen molar-refractivity contribution >= 4 is 22.0 Å². The van der Waals surface area contributed by atoms with Gasteiger partial charge in [-0.1, -0.05) is 9.61 Å². The quantitative estimate of drug-likeness (QED) is 0.349. The van der Waals surface area contributed by atoms with Crippen LogP contribution in [0.2, 0.25) is 0 Å². The molecule has 0 aliphatic rings. The van der Waals surface area contributed by atoms with Crippen LogP contribution in [0.4, 0.5) is 5.69 Å². The second-order valence-electron chi connectivity index (χ2n) is 4.14. The normalized spacial score (nSPS) is 11.2. The maximum Gasteiger partial charge on any atom is 0.384 e. The van der Waals surface area contributed by atoms with Crippen LogP contribution in [-0.2, 0) is 0 Å². The number of aromatic nitrogens is 4. The predicted molar refractivity (Wildman–Crippen MR) is 68.4 cm³/mol. The lowest BCUT2D eigenvalue weighted by atomic mass is 10.1. The third-order valence-corrected chi connectivity index (χ3v) is 3.69. The first kappa shape index (κ1) is 11.0. The van der Waals surface area contributed by atoms with Crippen LogP contribution in [0.3, 0.4) is 0 Å². The van der Waals surface area contributed by atoms with Gasteiger partial charge < -0.3 is 10.8 Å². The fourth-order valence-electron chi connectivity index (χ4n) is 1.83. The first-order valence-corrected chi connectivity index (χ1v) is 6.21. The number of phenols is 1. The van der Waals surface area contributed by atoms with Crippen LogP contribution in [0.1, 0.15) is 11.4 Å². The molecular formula is C11H12N5OS+. The summed E-state index contributed by atoms with van der Waals surface area (Å²) in [5.41, 5.74) is 7.79. The summed E-state index contributed by atoms with van der Waals surface area (Å²) in [6.45, 7) is 3.70. The van der Waals surface area contributed by atoms with Gasteiger partial charge in [0, 0.05) is 12.6 Å². The Labute approximate surface area is 107 Å². The number of anilines is 1. The number of nitrogens with zero attached hydrogens (tertiary/aromatic N) is 3. The van der Waals surface area contributed by atoms with E-state index in [0.29, 0.717) is 16.3 Å². The molecule has 0 spiro atoms. The fourth-order valence-corrected chi connectivity index (χ4v) is 2.74. The molecule has 0 atom stereocenters. The van der Waals surface area contributed by atoms with E-state index < -0.39 is 0 Å². The van der Waals surface area contributed by atoms with Gasteiger partial charge in [0.2, 0.25) is 0 Å². The average Bonchev–Trinajstić information content (AvgIpc) is 2.86. The van der Waals surface area contributed by atoms with Crippen molar-refractivity contribution in [1.82, 2.24) is 15.3 Å². The van der Waals surface area contributed by atoms with E-state index in [1.54, 1.807) is 16.6 Å². The molecule has 2 heterocycles. The zero-order chi connectivity index (χ0) is 12.9. The molecule has 3 rings (SSSR count). The minimum atomic E-state index is 0.211. The van der Waals surface area contributed by atoms with Crippen LogP contribution in [0.25, 0.3) is 15.5 Å². The van der Waals surface area contributed by atoms with Crippen molar-refractivity contribution in [2.75, 3.05) is 5.73 Å². The zero-order valence-corrected chi connectivity index (χ0v) is 10.7. The highest BCUT2D eigenvalue weighted by atomic mass is 32.1. The van der Waals surface area contributed by atoms with Gasteiger partial charge in [0.25, 0.3) is 5.82 Å². The number of aromatic amines is 1. The molecule has 3 aromatic rings. The Hall–Kier alpha value is -2.15. The Bertz CT molecular complexity index is 745. The van der Waals surface area contributed by atoms with Gasteiger partial charge in [-0.05, 0) is 36.0 Å². The largest absolute Gasteiger partial charge is 0.507 e. The molecule has 0 saturated carbocycles. The molecule has 7 heteroatoms. The van der Waals surface area contributed by atoms with E-state index in [9.17, 15) is 5.11 Å². The van der Waals surface area contributed by atoms with Crippen LogP contribution in [0, 0.1) is 13.8 Å². The number of aryl methyl sites for hydroxylation is 2. The SMILES string of the molecule is Cc1cc(N)cc(-c2n[n+]3c(C)[nH]nc3s2)c1O. The summed E-state index contributed by atoms with van der Waals surface area (Å²) in [5, 5.41) is 22.2. The Kier molecular flexibility index (Phi) is 2.24. The standard InChI is InChI=1S/C11H11N5OS/c1-5-3-7(12)4-8(9(5)17)10-15-16-6(2)13-14-11(16)18-10/h3-4H,12H2,1-2H3,(H,15,17)/p+1. The minimum Gasteiger partial charge on any atom is -0.507 e. The van der Waals surface area contributed by atoms with Crippen molar-refractivity contribution in [3.63, 3.8) is 0 Å². The first-order chi connectivity index (χ1) is 8.56. The van der Waals surface area contributed by atoms with Gasteiger partial charge in [0.15, 0.2) is 5.01 Å². The van der Waals surface area contributed by atoms with Gasteiger partial charge in [0.05, 0.1) is 10.7 Å². The molecule has 2 aromatic heterocycles. The van der Waals surface area contributed by atoms with E-state index in [1.807, 2.05) is 13.8 Å². The van der Waals surface area contributed by atoms with E-state index in [1.165, 1.54) is 11.3 Å². The zero-order valence-electron chi connectivity index (χ0n) is 9.93. The van der Waals surface area contributed by atoms with Crippen molar-refractivity contribution in [2.24, 2.45) is 0 Å². The number of benzene rings is 1. The molecule has 0 fully saturated rings. The summed E-state index contributed by atoms with van der Waals surface area (Å²) in [4.78, 5) is 0.752. The van der Waals surface area contributed by atoms with Crippen molar-refractivity contribution in [2.45, 2.75) is 13.8 Å². The molecule has 0 saturated heterocycles. The van der Waals surface area contributed by atoms with E-state index in [4.69, 9.17) is 5.73 Å². The molecule has 0 unspecified atom stereocenters. The maximum absolute atomic E-state index is 10.1. The molecular weight excluding hydrogens is 250 g/mol. The van der Waals surface area contributed by atoms with Crippen LogP contribution >= 0.6 is 11.3 Å². The predicted octanol–water partition coefficient (Wildman–Crippen LogP) is 1.18. The summed E-state index contributed by atoms with van der Waals surface area (Å²) < 4.78 is 1.71. The van der Waals surface area contributed by atoms with Crippen molar-refractivity contribution in [3.05, 3.63) is 23.5 Å². The van der Waals surface area contributed by atoms with Crippen LogP contribution < -0.4 is 10.2 Å². The molecule has 92 valence electrons. The third kappa shape index (κ3) is 1.52. The molecule has 0 radical (unpaired) electrons. The van der Waals surface area contributed by atoms with E-state index in [-0.39, 0.29) is 5.75 Å². The highest BCUT2D eigenvalue weighted by molar-refractivity contribution is 7.19. The second-order valence-corrected chi connectivity index (χ2v) is 5.10. The number of aromatic hydroxyl groups is 1. The monoisotopic (exact) mass is 262 g/mol. The average molecular weight is 262 g/mol. The van der Waals surface area contributed by atoms with Gasteiger partial charge in [-0.2, -0.15) is 0 Å². The number of nitrogens with one attached hydrogen (secondary N) is 1. The number of fused-ring (bicyclic) bond motifs is 1. The molecule has 6 nitrogen and oxygen atoms in total. The summed E-state index contributed by atoms with van der Waals surface area (Å²) in [7, 11) is 0. The number of phenolic OH excluding ortho intramolecular Hbond substituents is 1. The van der Waals surface area contributed by atoms with Crippen LogP contribution in [0.15, 0.2) is 12.1 Å². The first-order valence-electron chi connectivity index (χ1n) is 5.39. The number of nitrogen functional groups attached to an aromatic ring is 1. The second kappa shape index (κ2) is 3.67. The number of nitrogens with two attached hydrogens (primary N) is 1. The highest BCUT2D eigenvalue weighted by Crippen LogP contribution is 2.35. The summed E-state index contributed by atoms with van der Waals surface area (Å²) >= 11 is 1.40. The van der Waals surface area contributed by atoms with E-state index in [0.717, 1.165) is 16.3 Å². The van der Waals surface area contributed by atoms with Gasteiger partial charge >= 0.3 is 4.96 Å². The Morgan fingerprint density at radius 2 is 2.17 bits per heavy atom. The molecule has 18 heavy (non-hydrogen) atoms. The molecule has 0 bridgehead atoms. The molecule has 1 aromatic carbocycles. The minimum absolute atomic E-state index is 0.211. The molecule has 0 aliphatic heterocycles. The third-order valence-electron chi connectivity index (χ3n) is 2.74. The van der Waals surface area contributed by atoms with Crippen molar-refractivity contribution < 1.29 is 9.62 Å². The Balaban J connectivity index is 2.25. The Morgan fingerprint density at radius 3 is 2.89 bits per heavy atom. The smallest absolute Gasteiger partial charge is 0.384 e. The van der Waals surface area contributed by atoms with E-state index >= 15 is 0 Å². The van der Waals surface area contributed by atoms with Gasteiger partial charge in [-0.3, -0.25) is 0 Å². The fraction of sp³-hybridized carbons (Fsp3) is 0.182. The summed E-state index contributed by atoms with van der Waals surface area (Å²) in [5.74, 6) is 1.05. The van der Waals surface area contributed by atoms with Gasteiger partial charge in [-0.15, -0.1) is 5.10 Å². The van der Waals surface area contributed by atoms with Gasteiger partial charge in [-0.25, -0.2) is 0 Å². The van der Waals surface area contributed by atoms with Crippen molar-refractivity contribution in [1.29, 1.82) is 0 Å².